The van der Waals surface area contributed by atoms with Crippen LogP contribution >= 0.6 is 0 Å². The van der Waals surface area contributed by atoms with Gasteiger partial charge < -0.3 is 4.74 Å². The van der Waals surface area contributed by atoms with Crippen molar-refractivity contribution in [1.29, 1.82) is 0 Å². The van der Waals surface area contributed by atoms with Crippen LogP contribution in [0.1, 0.15) is 25.7 Å². The molecule has 4 saturated carbocycles. The molecule has 0 N–H and O–H groups in total. The van der Waals surface area contributed by atoms with Gasteiger partial charge in [-0.25, -0.2) is 0 Å². The highest BCUT2D eigenvalue weighted by Gasteiger charge is 2.58. The summed E-state index contributed by atoms with van der Waals surface area (Å²) in [7, 11) is 1.43. The molecule has 15 heavy (non-hydrogen) atoms. The summed E-state index contributed by atoms with van der Waals surface area (Å²) in [5, 5.41) is 0. The zero-order chi connectivity index (χ0) is 10.6. The van der Waals surface area contributed by atoms with Crippen molar-refractivity contribution in [3.05, 3.63) is 0 Å². The Bertz CT molecular complexity index is 323. The van der Waals surface area contributed by atoms with E-state index in [0.717, 1.165) is 25.2 Å². The van der Waals surface area contributed by atoms with Crippen molar-refractivity contribution in [3.8, 4) is 0 Å². The number of rotatable bonds is 1. The third-order valence-corrected chi connectivity index (χ3v) is 4.80. The zero-order valence-corrected chi connectivity index (χ0v) is 8.94. The van der Waals surface area contributed by atoms with Crippen molar-refractivity contribution >= 4 is 11.8 Å². The first kappa shape index (κ1) is 9.37. The van der Waals surface area contributed by atoms with Gasteiger partial charge in [-0.2, -0.15) is 0 Å². The number of fused-ring (bicyclic) bond motifs is 1. The minimum atomic E-state index is -0.150. The van der Waals surface area contributed by atoms with E-state index in [1.54, 1.807) is 0 Å². The molecule has 82 valence electrons. The Labute approximate surface area is 89.2 Å². The van der Waals surface area contributed by atoms with Crippen molar-refractivity contribution in [3.63, 3.8) is 0 Å². The topological polar surface area (TPSA) is 43.4 Å². The van der Waals surface area contributed by atoms with Crippen LogP contribution in [0.5, 0.6) is 0 Å². The molecule has 4 aliphatic carbocycles. The summed E-state index contributed by atoms with van der Waals surface area (Å²) in [5.74, 6) is 1.69. The first-order valence-electron chi connectivity index (χ1n) is 5.83. The average molecular weight is 208 g/mol. The highest BCUT2D eigenvalue weighted by atomic mass is 16.5. The van der Waals surface area contributed by atoms with E-state index in [9.17, 15) is 9.59 Å². The third kappa shape index (κ3) is 1.12. The highest BCUT2D eigenvalue weighted by Crippen LogP contribution is 2.58. The van der Waals surface area contributed by atoms with Gasteiger partial charge in [-0.1, -0.05) is 0 Å². The SMILES string of the molecule is COC(=O)[C@@H]1[C@H]2CC[C@H]3C[C@@H]1C(=O)C[C@H]32. The molecule has 3 heteroatoms. The van der Waals surface area contributed by atoms with E-state index in [2.05, 4.69) is 0 Å². The number of ether oxygens (including phenoxy) is 1. The van der Waals surface area contributed by atoms with E-state index in [-0.39, 0.29) is 17.8 Å². The second-order valence-electron chi connectivity index (χ2n) is 5.23. The van der Waals surface area contributed by atoms with Crippen molar-refractivity contribution in [2.45, 2.75) is 25.7 Å². The monoisotopic (exact) mass is 208 g/mol. The molecule has 0 amide bonds. The molecule has 0 saturated heterocycles. The lowest BCUT2D eigenvalue weighted by Crippen LogP contribution is -2.49. The number of hydrogen-bond donors (Lipinski definition) is 0. The molecular formula is C12H16O3. The lowest BCUT2D eigenvalue weighted by molar-refractivity contribution is -0.161. The molecule has 0 aromatic rings. The lowest BCUT2D eigenvalue weighted by Gasteiger charge is -2.45. The van der Waals surface area contributed by atoms with E-state index in [1.165, 1.54) is 13.5 Å². The van der Waals surface area contributed by atoms with Crippen LogP contribution in [-0.4, -0.2) is 18.9 Å². The molecule has 0 heterocycles. The molecule has 3 nitrogen and oxygen atoms in total. The summed E-state index contributed by atoms with van der Waals surface area (Å²) in [6.45, 7) is 0. The molecule has 0 unspecified atom stereocenters. The van der Waals surface area contributed by atoms with Gasteiger partial charge in [-0.05, 0) is 37.0 Å². The molecule has 0 radical (unpaired) electrons. The molecule has 5 atom stereocenters. The van der Waals surface area contributed by atoms with Gasteiger partial charge in [0, 0.05) is 12.3 Å². The number of ketones is 1. The Morgan fingerprint density at radius 2 is 2.13 bits per heavy atom. The fourth-order valence-electron chi connectivity index (χ4n) is 4.20. The van der Waals surface area contributed by atoms with Gasteiger partial charge in [0.25, 0.3) is 0 Å². The second kappa shape index (κ2) is 3.06. The van der Waals surface area contributed by atoms with Crippen LogP contribution in [0.15, 0.2) is 0 Å². The van der Waals surface area contributed by atoms with Crippen LogP contribution in [0.4, 0.5) is 0 Å². The molecule has 4 fully saturated rings. The number of carbonyl (C=O) groups excluding carboxylic acids is 2. The van der Waals surface area contributed by atoms with Gasteiger partial charge >= 0.3 is 5.97 Å². The van der Waals surface area contributed by atoms with Gasteiger partial charge in [0.2, 0.25) is 0 Å². The maximum atomic E-state index is 11.8. The molecule has 0 spiro atoms. The summed E-state index contributed by atoms with van der Waals surface area (Å²) < 4.78 is 4.85. The maximum absolute atomic E-state index is 11.8. The van der Waals surface area contributed by atoms with Gasteiger partial charge in [0.1, 0.15) is 5.78 Å². The van der Waals surface area contributed by atoms with Gasteiger partial charge in [-0.3, -0.25) is 9.59 Å². The predicted octanol–water partition coefficient (Wildman–Crippen LogP) is 1.41. The average Bonchev–Trinajstić information content (AvgIpc) is 2.54. The molecule has 4 aliphatic rings. The third-order valence-electron chi connectivity index (χ3n) is 4.80. The summed E-state index contributed by atoms with van der Waals surface area (Å²) in [4.78, 5) is 23.5. The quantitative estimate of drug-likeness (QED) is 0.612. The molecular weight excluding hydrogens is 192 g/mol. The number of hydrogen-bond acceptors (Lipinski definition) is 3. The fourth-order valence-corrected chi connectivity index (χ4v) is 4.20. The van der Waals surface area contributed by atoms with Crippen LogP contribution < -0.4 is 0 Å². The lowest BCUT2D eigenvalue weighted by atomic mass is 9.58. The van der Waals surface area contributed by atoms with Crippen molar-refractivity contribution in [1.82, 2.24) is 0 Å². The molecule has 0 aromatic carbocycles. The predicted molar refractivity (Wildman–Crippen MR) is 52.9 cm³/mol. The molecule has 4 rings (SSSR count). The standard InChI is InChI=1S/C12H16O3/c1-15-12(14)11-7-3-2-6-4-9(11)10(13)5-8(6)7/h6-9,11H,2-5H2,1H3/t6-,7-,8+,9+,11+/m0/s1. The van der Waals surface area contributed by atoms with Crippen LogP contribution in [0.3, 0.4) is 0 Å². The summed E-state index contributed by atoms with van der Waals surface area (Å²) >= 11 is 0. The largest absolute Gasteiger partial charge is 0.469 e. The van der Waals surface area contributed by atoms with Crippen LogP contribution in [0.25, 0.3) is 0 Å². The maximum Gasteiger partial charge on any atom is 0.309 e. The van der Waals surface area contributed by atoms with E-state index >= 15 is 0 Å². The second-order valence-corrected chi connectivity index (χ2v) is 5.23. The minimum absolute atomic E-state index is 0.0139. The smallest absolute Gasteiger partial charge is 0.309 e. The number of carbonyl (C=O) groups is 2. The number of esters is 1. The van der Waals surface area contributed by atoms with Gasteiger partial charge in [0.15, 0.2) is 0 Å². The minimum Gasteiger partial charge on any atom is -0.469 e. The van der Waals surface area contributed by atoms with E-state index < -0.39 is 0 Å². The summed E-state index contributed by atoms with van der Waals surface area (Å²) in [6, 6.07) is 0. The Hall–Kier alpha value is -0.860. The summed E-state index contributed by atoms with van der Waals surface area (Å²) in [5.41, 5.74) is 0. The number of Topliss-reactive ketones (excluding diaryl/α,β-unsaturated/α-hetero) is 1. The van der Waals surface area contributed by atoms with Gasteiger partial charge in [-0.15, -0.1) is 0 Å². The first-order chi connectivity index (χ1) is 7.22. The first-order valence-corrected chi connectivity index (χ1v) is 5.83. The molecule has 0 aromatic heterocycles. The molecule has 4 bridgehead atoms. The Kier molecular flexibility index (Phi) is 1.91. The van der Waals surface area contributed by atoms with Crippen molar-refractivity contribution in [2.75, 3.05) is 7.11 Å². The Morgan fingerprint density at radius 3 is 2.87 bits per heavy atom. The van der Waals surface area contributed by atoms with Crippen molar-refractivity contribution in [2.24, 2.45) is 29.6 Å². The van der Waals surface area contributed by atoms with Gasteiger partial charge in [0.05, 0.1) is 13.0 Å². The van der Waals surface area contributed by atoms with Crippen LogP contribution in [0, 0.1) is 29.6 Å². The normalized spacial score (nSPS) is 47.0. The fraction of sp³-hybridized carbons (Fsp3) is 0.833. The Morgan fingerprint density at radius 1 is 1.33 bits per heavy atom. The van der Waals surface area contributed by atoms with Crippen molar-refractivity contribution < 1.29 is 14.3 Å². The van der Waals surface area contributed by atoms with Crippen LogP contribution in [-0.2, 0) is 14.3 Å². The van der Waals surface area contributed by atoms with Crippen LogP contribution in [0.2, 0.25) is 0 Å². The summed E-state index contributed by atoms with van der Waals surface area (Å²) in [6.07, 6.45) is 4.01. The number of methoxy groups -OCH3 is 1. The van der Waals surface area contributed by atoms with E-state index in [0.29, 0.717) is 17.6 Å². The van der Waals surface area contributed by atoms with E-state index in [4.69, 9.17) is 4.74 Å². The Balaban J connectivity index is 1.95. The van der Waals surface area contributed by atoms with E-state index in [1.807, 2.05) is 0 Å². The highest BCUT2D eigenvalue weighted by molar-refractivity contribution is 5.89. The zero-order valence-electron chi connectivity index (χ0n) is 8.94. The molecule has 0 aliphatic heterocycles.